The van der Waals surface area contributed by atoms with Crippen molar-refractivity contribution in [3.05, 3.63) is 52.6 Å². The van der Waals surface area contributed by atoms with Gasteiger partial charge in [-0.3, -0.25) is 4.79 Å². The second-order valence-electron chi connectivity index (χ2n) is 5.69. The first kappa shape index (κ1) is 11.7. The van der Waals surface area contributed by atoms with Crippen molar-refractivity contribution in [2.45, 2.75) is 32.8 Å². The summed E-state index contributed by atoms with van der Waals surface area (Å²) < 4.78 is 6.00. The molecule has 0 saturated carbocycles. The second-order valence-corrected chi connectivity index (χ2v) is 5.69. The number of carbonyl (C=O) groups is 1. The second kappa shape index (κ2) is 4.20. The van der Waals surface area contributed by atoms with E-state index in [1.807, 2.05) is 12.1 Å². The van der Waals surface area contributed by atoms with Gasteiger partial charge in [-0.25, -0.2) is 0 Å². The molecule has 0 bridgehead atoms. The highest BCUT2D eigenvalue weighted by atomic mass is 16.5. The maximum atomic E-state index is 12.0. The van der Waals surface area contributed by atoms with Crippen LogP contribution in [0.25, 0.3) is 11.1 Å². The zero-order chi connectivity index (χ0) is 13.7. The van der Waals surface area contributed by atoms with Crippen LogP contribution >= 0.6 is 0 Å². The summed E-state index contributed by atoms with van der Waals surface area (Å²) in [5.41, 5.74) is 6.86. The molecule has 1 aliphatic carbocycles. The predicted molar refractivity (Wildman–Crippen MR) is 78.2 cm³/mol. The maximum absolute atomic E-state index is 12.0. The molecule has 0 aromatic heterocycles. The number of Topliss-reactive ketones (excluding diaryl/α,β-unsaturated/α-hetero) is 1. The fourth-order valence-corrected chi connectivity index (χ4v) is 3.33. The third-order valence-corrected chi connectivity index (χ3v) is 4.31. The van der Waals surface area contributed by atoms with Gasteiger partial charge in [0.2, 0.25) is 0 Å². The molecule has 0 radical (unpaired) electrons. The molecule has 0 spiro atoms. The maximum Gasteiger partial charge on any atom is 0.163 e. The van der Waals surface area contributed by atoms with Crippen LogP contribution < -0.4 is 4.74 Å². The van der Waals surface area contributed by atoms with Crippen molar-refractivity contribution in [1.82, 2.24) is 0 Å². The smallest absolute Gasteiger partial charge is 0.163 e. The normalized spacial score (nSPS) is 15.9. The Balaban J connectivity index is 1.95. The molecule has 0 N–H and O–H groups in total. The molecule has 0 amide bonds. The van der Waals surface area contributed by atoms with Gasteiger partial charge in [-0.05, 0) is 37.0 Å². The Labute approximate surface area is 118 Å². The van der Waals surface area contributed by atoms with Crippen molar-refractivity contribution in [3.8, 4) is 16.9 Å². The van der Waals surface area contributed by atoms with Gasteiger partial charge in [0, 0.05) is 23.1 Å². The van der Waals surface area contributed by atoms with Crippen LogP contribution in [-0.2, 0) is 13.0 Å². The Morgan fingerprint density at radius 3 is 2.70 bits per heavy atom. The average molecular weight is 264 g/mol. The summed E-state index contributed by atoms with van der Waals surface area (Å²) in [6.07, 6.45) is 2.55. The largest absolute Gasteiger partial charge is 0.488 e. The summed E-state index contributed by atoms with van der Waals surface area (Å²) >= 11 is 0. The first-order chi connectivity index (χ1) is 9.74. The van der Waals surface area contributed by atoms with Gasteiger partial charge in [-0.2, -0.15) is 0 Å². The highest BCUT2D eigenvalue weighted by Crippen LogP contribution is 2.43. The average Bonchev–Trinajstić information content (AvgIpc) is 2.46. The van der Waals surface area contributed by atoms with Gasteiger partial charge in [0.25, 0.3) is 0 Å². The van der Waals surface area contributed by atoms with E-state index in [0.717, 1.165) is 35.3 Å². The summed E-state index contributed by atoms with van der Waals surface area (Å²) in [5, 5.41) is 0. The number of fused-ring (bicyclic) bond motifs is 5. The molecule has 0 fully saturated rings. The van der Waals surface area contributed by atoms with E-state index in [-0.39, 0.29) is 5.78 Å². The quantitative estimate of drug-likeness (QED) is 0.717. The number of rotatable bonds is 0. The molecule has 0 atom stereocenters. The molecule has 0 unspecified atom stereocenters. The molecule has 2 aromatic carbocycles. The first-order valence-corrected chi connectivity index (χ1v) is 7.16. The van der Waals surface area contributed by atoms with Gasteiger partial charge in [0.1, 0.15) is 12.4 Å². The molecule has 2 aromatic rings. The van der Waals surface area contributed by atoms with Crippen LogP contribution in [0, 0.1) is 6.92 Å². The minimum Gasteiger partial charge on any atom is -0.488 e. The fraction of sp³-hybridized carbons (Fsp3) is 0.278. The van der Waals surface area contributed by atoms with Gasteiger partial charge in [-0.1, -0.05) is 29.8 Å². The molecule has 100 valence electrons. The van der Waals surface area contributed by atoms with Gasteiger partial charge in [0.05, 0.1) is 0 Å². The van der Waals surface area contributed by atoms with Crippen molar-refractivity contribution in [2.75, 3.05) is 0 Å². The van der Waals surface area contributed by atoms with Crippen LogP contribution in [0.2, 0.25) is 0 Å². The molecule has 0 saturated heterocycles. The molecule has 2 aliphatic rings. The SMILES string of the molecule is Cc1ccc2c(c1)COc1c-2ccc2c1CCCC2=O. The van der Waals surface area contributed by atoms with E-state index in [9.17, 15) is 4.79 Å². The molecule has 1 aliphatic heterocycles. The topological polar surface area (TPSA) is 26.3 Å². The van der Waals surface area contributed by atoms with Crippen LogP contribution in [0.3, 0.4) is 0 Å². The minimum absolute atomic E-state index is 0.257. The molecule has 1 heterocycles. The van der Waals surface area contributed by atoms with E-state index in [4.69, 9.17) is 4.74 Å². The highest BCUT2D eigenvalue weighted by Gasteiger charge is 2.26. The summed E-state index contributed by atoms with van der Waals surface area (Å²) in [5.74, 6) is 1.19. The van der Waals surface area contributed by atoms with Gasteiger partial charge in [-0.15, -0.1) is 0 Å². The molecular formula is C18H16O2. The van der Waals surface area contributed by atoms with Crippen LogP contribution in [0.15, 0.2) is 30.3 Å². The van der Waals surface area contributed by atoms with E-state index < -0.39 is 0 Å². The third kappa shape index (κ3) is 1.61. The minimum atomic E-state index is 0.257. The van der Waals surface area contributed by atoms with Crippen molar-refractivity contribution in [2.24, 2.45) is 0 Å². The molecule has 2 heteroatoms. The summed E-state index contributed by atoms with van der Waals surface area (Å²) in [4.78, 5) is 12.0. The van der Waals surface area contributed by atoms with Gasteiger partial charge < -0.3 is 4.74 Å². The van der Waals surface area contributed by atoms with E-state index >= 15 is 0 Å². The number of benzene rings is 2. The number of hydrogen-bond donors (Lipinski definition) is 0. The molecular weight excluding hydrogens is 248 g/mol. The lowest BCUT2D eigenvalue weighted by atomic mass is 9.85. The Hall–Kier alpha value is -2.09. The zero-order valence-corrected chi connectivity index (χ0v) is 11.5. The summed E-state index contributed by atoms with van der Waals surface area (Å²) in [6.45, 7) is 2.70. The van der Waals surface area contributed by atoms with E-state index in [0.29, 0.717) is 13.0 Å². The van der Waals surface area contributed by atoms with Crippen molar-refractivity contribution < 1.29 is 9.53 Å². The molecule has 4 rings (SSSR count). The number of aryl methyl sites for hydroxylation is 1. The number of ketones is 1. The van der Waals surface area contributed by atoms with Crippen molar-refractivity contribution >= 4 is 5.78 Å². The molecule has 2 nitrogen and oxygen atoms in total. The van der Waals surface area contributed by atoms with Gasteiger partial charge in [0.15, 0.2) is 5.78 Å². The predicted octanol–water partition coefficient (Wildman–Crippen LogP) is 4.07. The summed E-state index contributed by atoms with van der Waals surface area (Å²) in [6, 6.07) is 10.5. The Morgan fingerprint density at radius 2 is 1.80 bits per heavy atom. The number of hydrogen-bond acceptors (Lipinski definition) is 2. The van der Waals surface area contributed by atoms with E-state index in [2.05, 4.69) is 25.1 Å². The van der Waals surface area contributed by atoms with Crippen LogP contribution in [0.5, 0.6) is 5.75 Å². The fourth-order valence-electron chi connectivity index (χ4n) is 3.33. The van der Waals surface area contributed by atoms with Crippen LogP contribution in [0.4, 0.5) is 0 Å². The lowest BCUT2D eigenvalue weighted by Gasteiger charge is -2.26. The van der Waals surface area contributed by atoms with Crippen LogP contribution in [0.1, 0.15) is 39.9 Å². The Kier molecular flexibility index (Phi) is 2.46. The monoisotopic (exact) mass is 264 g/mol. The van der Waals surface area contributed by atoms with Crippen molar-refractivity contribution in [1.29, 1.82) is 0 Å². The number of carbonyl (C=O) groups excluding carboxylic acids is 1. The van der Waals surface area contributed by atoms with E-state index in [1.165, 1.54) is 16.7 Å². The Morgan fingerprint density at radius 1 is 1.00 bits per heavy atom. The zero-order valence-electron chi connectivity index (χ0n) is 11.5. The van der Waals surface area contributed by atoms with Gasteiger partial charge >= 0.3 is 0 Å². The van der Waals surface area contributed by atoms with Crippen LogP contribution in [-0.4, -0.2) is 5.78 Å². The summed E-state index contributed by atoms with van der Waals surface area (Å²) in [7, 11) is 0. The third-order valence-electron chi connectivity index (χ3n) is 4.31. The first-order valence-electron chi connectivity index (χ1n) is 7.16. The van der Waals surface area contributed by atoms with E-state index in [1.54, 1.807) is 0 Å². The lowest BCUT2D eigenvalue weighted by Crippen LogP contribution is -2.15. The lowest BCUT2D eigenvalue weighted by molar-refractivity contribution is 0.0971. The molecule has 20 heavy (non-hydrogen) atoms. The Bertz CT molecular complexity index is 728. The highest BCUT2D eigenvalue weighted by molar-refractivity contribution is 6.00. The van der Waals surface area contributed by atoms with Crippen molar-refractivity contribution in [3.63, 3.8) is 0 Å². The number of ether oxygens (including phenoxy) is 1. The standard InChI is InChI=1S/C18H16O2/c1-11-5-6-13-12(9-11)10-20-18-15-3-2-4-17(19)14(15)7-8-16(13)18/h5-9H,2-4,10H2,1H3.